The van der Waals surface area contributed by atoms with Crippen molar-refractivity contribution >= 4 is 0 Å². The fraction of sp³-hybridized carbons (Fsp3) is 0.625. The lowest BCUT2D eigenvalue weighted by Crippen LogP contribution is -2.47. The van der Waals surface area contributed by atoms with Crippen LogP contribution in [0.15, 0.2) is 24.3 Å². The maximum atomic E-state index is 5.59. The van der Waals surface area contributed by atoms with Gasteiger partial charge >= 0.3 is 0 Å². The van der Waals surface area contributed by atoms with Crippen molar-refractivity contribution in [1.29, 1.82) is 0 Å². The van der Waals surface area contributed by atoms with Crippen molar-refractivity contribution in [3.05, 3.63) is 29.8 Å². The van der Waals surface area contributed by atoms with Crippen molar-refractivity contribution in [3.8, 4) is 5.75 Å². The summed E-state index contributed by atoms with van der Waals surface area (Å²) in [6, 6.07) is 9.43. The SMILES string of the molecule is CCCOc1ccc(CCC2COCC(C)N2)cc1. The van der Waals surface area contributed by atoms with Crippen LogP contribution in [0, 0.1) is 0 Å². The van der Waals surface area contributed by atoms with Crippen LogP contribution in [0.2, 0.25) is 0 Å². The first-order valence-corrected chi connectivity index (χ1v) is 7.33. The topological polar surface area (TPSA) is 30.5 Å². The minimum atomic E-state index is 0.476. The minimum absolute atomic E-state index is 0.476. The van der Waals surface area contributed by atoms with Crippen LogP contribution in [0.1, 0.15) is 32.3 Å². The Morgan fingerprint density at radius 3 is 2.74 bits per heavy atom. The third kappa shape index (κ3) is 4.84. The first-order valence-electron chi connectivity index (χ1n) is 7.33. The molecule has 106 valence electrons. The molecule has 19 heavy (non-hydrogen) atoms. The summed E-state index contributed by atoms with van der Waals surface area (Å²) in [6.45, 7) is 6.75. The smallest absolute Gasteiger partial charge is 0.119 e. The summed E-state index contributed by atoms with van der Waals surface area (Å²) >= 11 is 0. The zero-order valence-corrected chi connectivity index (χ0v) is 12.0. The van der Waals surface area contributed by atoms with Crippen LogP contribution < -0.4 is 10.1 Å². The Kier molecular flexibility index (Phi) is 5.67. The van der Waals surface area contributed by atoms with E-state index in [-0.39, 0.29) is 0 Å². The number of hydrogen-bond acceptors (Lipinski definition) is 3. The summed E-state index contributed by atoms with van der Waals surface area (Å²) in [5.74, 6) is 0.971. The van der Waals surface area contributed by atoms with Gasteiger partial charge in [0.15, 0.2) is 0 Å². The van der Waals surface area contributed by atoms with Gasteiger partial charge in [-0.15, -0.1) is 0 Å². The second-order valence-electron chi connectivity index (χ2n) is 5.33. The zero-order chi connectivity index (χ0) is 13.5. The molecular formula is C16H25NO2. The van der Waals surface area contributed by atoms with Crippen LogP contribution in [-0.2, 0) is 11.2 Å². The van der Waals surface area contributed by atoms with Crippen LogP contribution in [0.25, 0.3) is 0 Å². The van der Waals surface area contributed by atoms with Gasteiger partial charge in [0.05, 0.1) is 19.8 Å². The van der Waals surface area contributed by atoms with E-state index in [9.17, 15) is 0 Å². The van der Waals surface area contributed by atoms with Crippen LogP contribution in [0.3, 0.4) is 0 Å². The molecule has 1 saturated heterocycles. The molecule has 1 aliphatic heterocycles. The van der Waals surface area contributed by atoms with Crippen LogP contribution >= 0.6 is 0 Å². The van der Waals surface area contributed by atoms with E-state index in [1.54, 1.807) is 0 Å². The van der Waals surface area contributed by atoms with E-state index < -0.39 is 0 Å². The van der Waals surface area contributed by atoms with Crippen molar-refractivity contribution < 1.29 is 9.47 Å². The molecule has 1 heterocycles. The molecule has 1 aromatic rings. The van der Waals surface area contributed by atoms with E-state index in [1.165, 1.54) is 5.56 Å². The molecule has 0 spiro atoms. The van der Waals surface area contributed by atoms with E-state index in [0.29, 0.717) is 12.1 Å². The summed E-state index contributed by atoms with van der Waals surface area (Å²) < 4.78 is 11.2. The number of rotatable bonds is 6. The molecule has 0 aromatic heterocycles. The molecule has 2 unspecified atom stereocenters. The normalized spacial score (nSPS) is 23.3. The van der Waals surface area contributed by atoms with Crippen LogP contribution in [0.5, 0.6) is 5.75 Å². The molecular weight excluding hydrogens is 238 g/mol. The highest BCUT2D eigenvalue weighted by Crippen LogP contribution is 2.15. The molecule has 1 N–H and O–H groups in total. The summed E-state index contributed by atoms with van der Waals surface area (Å²) in [6.07, 6.45) is 3.26. The van der Waals surface area contributed by atoms with Gasteiger partial charge in [-0.05, 0) is 43.9 Å². The number of ether oxygens (including phenoxy) is 2. The van der Waals surface area contributed by atoms with Crippen molar-refractivity contribution in [2.24, 2.45) is 0 Å². The van der Waals surface area contributed by atoms with Gasteiger partial charge in [-0.3, -0.25) is 0 Å². The van der Waals surface area contributed by atoms with Gasteiger partial charge in [0.2, 0.25) is 0 Å². The lowest BCUT2D eigenvalue weighted by atomic mass is 10.0. The lowest BCUT2D eigenvalue weighted by molar-refractivity contribution is 0.0483. The fourth-order valence-electron chi connectivity index (χ4n) is 2.37. The van der Waals surface area contributed by atoms with Gasteiger partial charge in [0.25, 0.3) is 0 Å². The fourth-order valence-corrected chi connectivity index (χ4v) is 2.37. The zero-order valence-electron chi connectivity index (χ0n) is 12.0. The van der Waals surface area contributed by atoms with Crippen molar-refractivity contribution in [2.75, 3.05) is 19.8 Å². The molecule has 0 amide bonds. The Bertz CT molecular complexity index is 364. The Morgan fingerprint density at radius 1 is 1.26 bits per heavy atom. The molecule has 0 aliphatic carbocycles. The van der Waals surface area contributed by atoms with Crippen molar-refractivity contribution in [1.82, 2.24) is 5.32 Å². The maximum Gasteiger partial charge on any atom is 0.119 e. The van der Waals surface area contributed by atoms with Gasteiger partial charge in [-0.2, -0.15) is 0 Å². The predicted molar refractivity (Wildman–Crippen MR) is 77.8 cm³/mol. The standard InChI is InChI=1S/C16H25NO2/c1-3-10-19-16-8-5-14(6-9-16)4-7-15-12-18-11-13(2)17-15/h5-6,8-9,13,15,17H,3-4,7,10-12H2,1-2H3. The van der Waals surface area contributed by atoms with E-state index in [1.807, 2.05) is 0 Å². The third-order valence-electron chi connectivity index (χ3n) is 3.38. The summed E-state index contributed by atoms with van der Waals surface area (Å²) in [5.41, 5.74) is 1.36. The Balaban J connectivity index is 1.76. The average Bonchev–Trinajstić information content (AvgIpc) is 2.44. The Labute approximate surface area is 116 Å². The number of hydrogen-bond donors (Lipinski definition) is 1. The average molecular weight is 263 g/mol. The quantitative estimate of drug-likeness (QED) is 0.856. The minimum Gasteiger partial charge on any atom is -0.494 e. The Morgan fingerprint density at radius 2 is 2.05 bits per heavy atom. The van der Waals surface area contributed by atoms with E-state index in [2.05, 4.69) is 43.4 Å². The highest BCUT2D eigenvalue weighted by atomic mass is 16.5. The molecule has 0 radical (unpaired) electrons. The predicted octanol–water partition coefficient (Wildman–Crippen LogP) is 2.78. The molecule has 0 bridgehead atoms. The van der Waals surface area contributed by atoms with Crippen LogP contribution in [0.4, 0.5) is 0 Å². The summed E-state index contributed by atoms with van der Waals surface area (Å²) in [5, 5.41) is 3.58. The summed E-state index contributed by atoms with van der Waals surface area (Å²) in [4.78, 5) is 0. The second-order valence-corrected chi connectivity index (χ2v) is 5.33. The monoisotopic (exact) mass is 263 g/mol. The summed E-state index contributed by atoms with van der Waals surface area (Å²) in [7, 11) is 0. The first-order chi connectivity index (χ1) is 9.28. The van der Waals surface area contributed by atoms with Crippen LogP contribution in [-0.4, -0.2) is 31.9 Å². The number of aryl methyl sites for hydroxylation is 1. The van der Waals surface area contributed by atoms with Crippen molar-refractivity contribution in [2.45, 2.75) is 45.2 Å². The number of morpholine rings is 1. The molecule has 0 saturated carbocycles. The molecule has 2 atom stereocenters. The van der Waals surface area contributed by atoms with Gasteiger partial charge in [0.1, 0.15) is 5.75 Å². The van der Waals surface area contributed by atoms with E-state index in [4.69, 9.17) is 9.47 Å². The molecule has 1 fully saturated rings. The highest BCUT2D eigenvalue weighted by molar-refractivity contribution is 5.27. The molecule has 1 aromatic carbocycles. The molecule has 3 heteroatoms. The van der Waals surface area contributed by atoms with E-state index in [0.717, 1.165) is 44.8 Å². The molecule has 3 nitrogen and oxygen atoms in total. The molecule has 2 rings (SSSR count). The molecule has 1 aliphatic rings. The number of benzene rings is 1. The van der Waals surface area contributed by atoms with Crippen molar-refractivity contribution in [3.63, 3.8) is 0 Å². The van der Waals surface area contributed by atoms with Gasteiger partial charge in [-0.1, -0.05) is 19.1 Å². The van der Waals surface area contributed by atoms with Gasteiger partial charge < -0.3 is 14.8 Å². The number of nitrogens with one attached hydrogen (secondary N) is 1. The third-order valence-corrected chi connectivity index (χ3v) is 3.38. The van der Waals surface area contributed by atoms with Gasteiger partial charge in [-0.25, -0.2) is 0 Å². The van der Waals surface area contributed by atoms with Gasteiger partial charge in [0, 0.05) is 12.1 Å². The second kappa shape index (κ2) is 7.51. The van der Waals surface area contributed by atoms with E-state index >= 15 is 0 Å². The highest BCUT2D eigenvalue weighted by Gasteiger charge is 2.17. The largest absolute Gasteiger partial charge is 0.494 e. The lowest BCUT2D eigenvalue weighted by Gasteiger charge is -2.29. The first kappa shape index (κ1) is 14.4. The Hall–Kier alpha value is -1.06. The maximum absolute atomic E-state index is 5.59.